The number of esters is 1. The molecule has 0 heterocycles. The molecule has 0 saturated carbocycles. The standard InChI is InChI=1S/C12H18NO5P/c1-4-16-19(13,15)18-11-8-6-5-7-10(11)12(14)17-9(2)3/h5-9H,4H2,1-3H3,(H2,13,15). The third kappa shape index (κ3) is 5.03. The number of nitrogens with two attached hydrogens (primary N) is 1. The Labute approximate surface area is 112 Å². The van der Waals surface area contributed by atoms with Gasteiger partial charge in [0.1, 0.15) is 11.3 Å². The number of hydrogen-bond acceptors (Lipinski definition) is 5. The lowest BCUT2D eigenvalue weighted by molar-refractivity contribution is 0.0376. The van der Waals surface area contributed by atoms with E-state index in [1.165, 1.54) is 12.1 Å². The molecule has 2 N–H and O–H groups in total. The minimum atomic E-state index is -3.72. The number of benzene rings is 1. The smallest absolute Gasteiger partial charge is 0.456 e. The molecule has 6 nitrogen and oxygen atoms in total. The van der Waals surface area contributed by atoms with Crippen LogP contribution in [0.4, 0.5) is 0 Å². The van der Waals surface area contributed by atoms with Gasteiger partial charge < -0.3 is 9.26 Å². The monoisotopic (exact) mass is 287 g/mol. The fourth-order valence-corrected chi connectivity index (χ4v) is 2.18. The maximum Gasteiger partial charge on any atom is 0.456 e. The second kappa shape index (κ2) is 6.70. The molecule has 0 radical (unpaired) electrons. The van der Waals surface area contributed by atoms with Crippen molar-refractivity contribution in [3.63, 3.8) is 0 Å². The van der Waals surface area contributed by atoms with E-state index in [2.05, 4.69) is 0 Å². The first-order valence-electron chi connectivity index (χ1n) is 5.88. The van der Waals surface area contributed by atoms with Crippen LogP contribution in [-0.4, -0.2) is 18.7 Å². The van der Waals surface area contributed by atoms with E-state index in [0.717, 1.165) is 0 Å². The number of carbonyl (C=O) groups excluding carboxylic acids is 1. The summed E-state index contributed by atoms with van der Waals surface area (Å²) in [5.41, 5.74) is 5.54. The van der Waals surface area contributed by atoms with Crippen LogP contribution in [0, 0.1) is 0 Å². The summed E-state index contributed by atoms with van der Waals surface area (Å²) in [4.78, 5) is 11.8. The Morgan fingerprint density at radius 3 is 2.58 bits per heavy atom. The summed E-state index contributed by atoms with van der Waals surface area (Å²) < 4.78 is 26.7. The van der Waals surface area contributed by atoms with Gasteiger partial charge in [-0.25, -0.2) is 14.9 Å². The first kappa shape index (κ1) is 15.7. The van der Waals surface area contributed by atoms with Crippen LogP contribution in [0.5, 0.6) is 5.75 Å². The quantitative estimate of drug-likeness (QED) is 0.639. The molecule has 19 heavy (non-hydrogen) atoms. The van der Waals surface area contributed by atoms with Crippen molar-refractivity contribution in [3.8, 4) is 5.75 Å². The highest BCUT2D eigenvalue weighted by Crippen LogP contribution is 2.41. The molecule has 0 saturated heterocycles. The molecule has 0 spiro atoms. The van der Waals surface area contributed by atoms with Gasteiger partial charge in [-0.3, -0.25) is 4.52 Å². The van der Waals surface area contributed by atoms with E-state index in [-0.39, 0.29) is 24.0 Å². The van der Waals surface area contributed by atoms with Crippen molar-refractivity contribution >= 4 is 13.7 Å². The van der Waals surface area contributed by atoms with E-state index in [9.17, 15) is 9.36 Å². The van der Waals surface area contributed by atoms with Crippen molar-refractivity contribution < 1.29 is 23.1 Å². The van der Waals surface area contributed by atoms with E-state index in [0.29, 0.717) is 0 Å². The largest absolute Gasteiger partial charge is 0.459 e. The molecule has 0 aliphatic rings. The second-order valence-electron chi connectivity index (χ2n) is 4.00. The van der Waals surface area contributed by atoms with Crippen molar-refractivity contribution in [1.29, 1.82) is 0 Å². The minimum absolute atomic E-state index is 0.0763. The highest BCUT2D eigenvalue weighted by molar-refractivity contribution is 7.51. The first-order chi connectivity index (χ1) is 8.85. The van der Waals surface area contributed by atoms with Gasteiger partial charge in [0, 0.05) is 0 Å². The summed E-state index contributed by atoms with van der Waals surface area (Å²) in [6.07, 6.45) is -0.267. The van der Waals surface area contributed by atoms with Crippen molar-refractivity contribution in [2.45, 2.75) is 26.9 Å². The fraction of sp³-hybridized carbons (Fsp3) is 0.417. The van der Waals surface area contributed by atoms with Gasteiger partial charge in [-0.2, -0.15) is 0 Å². The number of ether oxygens (including phenoxy) is 1. The number of hydrogen-bond donors (Lipinski definition) is 1. The van der Waals surface area contributed by atoms with Crippen LogP contribution in [0.1, 0.15) is 31.1 Å². The van der Waals surface area contributed by atoms with E-state index in [4.69, 9.17) is 19.3 Å². The van der Waals surface area contributed by atoms with Gasteiger partial charge in [0.25, 0.3) is 0 Å². The molecule has 1 rings (SSSR count). The van der Waals surface area contributed by atoms with Gasteiger partial charge in [0.05, 0.1) is 12.7 Å². The summed E-state index contributed by atoms with van der Waals surface area (Å²) in [6.45, 7) is 5.25. The van der Waals surface area contributed by atoms with Crippen molar-refractivity contribution in [2.75, 3.05) is 6.61 Å². The molecule has 0 bridgehead atoms. The van der Waals surface area contributed by atoms with Crippen LogP contribution in [0.25, 0.3) is 0 Å². The van der Waals surface area contributed by atoms with Crippen LogP contribution in [0.15, 0.2) is 24.3 Å². The van der Waals surface area contributed by atoms with Crippen LogP contribution in [0.2, 0.25) is 0 Å². The van der Waals surface area contributed by atoms with Crippen LogP contribution >= 0.6 is 7.75 Å². The predicted molar refractivity (Wildman–Crippen MR) is 71.0 cm³/mol. The molecule has 1 unspecified atom stereocenters. The zero-order valence-electron chi connectivity index (χ0n) is 11.2. The average molecular weight is 287 g/mol. The topological polar surface area (TPSA) is 87.9 Å². The van der Waals surface area contributed by atoms with Gasteiger partial charge in [-0.1, -0.05) is 12.1 Å². The summed E-state index contributed by atoms with van der Waals surface area (Å²) in [5.74, 6) is -0.491. The third-order valence-electron chi connectivity index (χ3n) is 1.98. The molecule has 0 amide bonds. The molecular weight excluding hydrogens is 269 g/mol. The zero-order chi connectivity index (χ0) is 14.5. The number of rotatable bonds is 6. The Morgan fingerprint density at radius 2 is 2.00 bits per heavy atom. The average Bonchev–Trinajstić information content (AvgIpc) is 2.27. The highest BCUT2D eigenvalue weighted by atomic mass is 31.2. The van der Waals surface area contributed by atoms with Gasteiger partial charge in [-0.05, 0) is 32.9 Å². The Kier molecular flexibility index (Phi) is 5.54. The number of carbonyl (C=O) groups is 1. The predicted octanol–water partition coefficient (Wildman–Crippen LogP) is 2.73. The lowest BCUT2D eigenvalue weighted by Gasteiger charge is -2.16. The van der Waals surface area contributed by atoms with E-state index in [1.807, 2.05) is 0 Å². The SMILES string of the molecule is CCOP(N)(=O)Oc1ccccc1C(=O)OC(C)C. The van der Waals surface area contributed by atoms with E-state index >= 15 is 0 Å². The van der Waals surface area contributed by atoms with Gasteiger partial charge >= 0.3 is 13.7 Å². The summed E-state index contributed by atoms with van der Waals surface area (Å²) in [6, 6.07) is 6.26. The Bertz CT molecular complexity index is 489. The molecular formula is C12H18NO5P. The molecule has 106 valence electrons. The number of para-hydroxylation sites is 1. The van der Waals surface area contributed by atoms with E-state index in [1.54, 1.807) is 32.9 Å². The Hall–Kier alpha value is -1.36. The molecule has 1 atom stereocenters. The van der Waals surface area contributed by atoms with Gasteiger partial charge in [0.2, 0.25) is 0 Å². The Balaban J connectivity index is 2.96. The molecule has 0 aliphatic heterocycles. The highest BCUT2D eigenvalue weighted by Gasteiger charge is 2.23. The molecule has 1 aromatic rings. The normalized spacial score (nSPS) is 13.9. The fourth-order valence-electron chi connectivity index (χ4n) is 1.34. The zero-order valence-corrected chi connectivity index (χ0v) is 12.1. The molecule has 0 aromatic heterocycles. The molecule has 1 aromatic carbocycles. The lowest BCUT2D eigenvalue weighted by atomic mass is 10.2. The molecule has 0 fully saturated rings. The van der Waals surface area contributed by atoms with Crippen LogP contribution in [0.3, 0.4) is 0 Å². The van der Waals surface area contributed by atoms with Crippen molar-refractivity contribution in [2.24, 2.45) is 5.50 Å². The summed E-state index contributed by atoms with van der Waals surface area (Å²) in [7, 11) is -3.72. The van der Waals surface area contributed by atoms with Crippen LogP contribution < -0.4 is 10.0 Å². The molecule has 0 aliphatic carbocycles. The van der Waals surface area contributed by atoms with Gasteiger partial charge in [0.15, 0.2) is 0 Å². The lowest BCUT2D eigenvalue weighted by Crippen LogP contribution is -2.14. The van der Waals surface area contributed by atoms with Crippen molar-refractivity contribution in [3.05, 3.63) is 29.8 Å². The third-order valence-corrected chi connectivity index (χ3v) is 3.05. The summed E-state index contributed by atoms with van der Waals surface area (Å²) >= 11 is 0. The first-order valence-corrected chi connectivity index (χ1v) is 7.49. The minimum Gasteiger partial charge on any atom is -0.459 e. The maximum atomic E-state index is 11.8. The molecule has 7 heteroatoms. The second-order valence-corrected chi connectivity index (χ2v) is 5.52. The van der Waals surface area contributed by atoms with E-state index < -0.39 is 13.7 Å². The van der Waals surface area contributed by atoms with Gasteiger partial charge in [-0.15, -0.1) is 0 Å². The van der Waals surface area contributed by atoms with Crippen molar-refractivity contribution in [1.82, 2.24) is 0 Å². The maximum absolute atomic E-state index is 11.8. The summed E-state index contributed by atoms with van der Waals surface area (Å²) in [5, 5.41) is 0. The van der Waals surface area contributed by atoms with Crippen LogP contribution in [-0.2, 0) is 13.8 Å². The Morgan fingerprint density at radius 1 is 1.37 bits per heavy atom.